The van der Waals surface area contributed by atoms with Gasteiger partial charge in [-0.25, -0.2) is 18.4 Å². The highest BCUT2D eigenvalue weighted by Crippen LogP contribution is 2.36. The van der Waals surface area contributed by atoms with Gasteiger partial charge >= 0.3 is 0 Å². The summed E-state index contributed by atoms with van der Waals surface area (Å²) in [6.45, 7) is -1.70. The zero-order valence-corrected chi connectivity index (χ0v) is 22.8. The largest absolute Gasteiger partial charge is 0.493 e. The lowest BCUT2D eigenvalue weighted by atomic mass is 10.1. The van der Waals surface area contributed by atoms with Gasteiger partial charge in [-0.3, -0.25) is 0 Å². The molecule has 37 heavy (non-hydrogen) atoms. The lowest BCUT2D eigenvalue weighted by Crippen LogP contribution is -2.51. The third-order valence-corrected chi connectivity index (χ3v) is 8.16. The zero-order chi connectivity index (χ0) is 26.6. The van der Waals surface area contributed by atoms with Crippen LogP contribution in [-0.4, -0.2) is 94.4 Å². The van der Waals surface area contributed by atoms with Crippen molar-refractivity contribution in [1.82, 2.24) is 9.97 Å². The summed E-state index contributed by atoms with van der Waals surface area (Å²) >= 11 is 9.51. The minimum atomic E-state index is -3.91. The molecule has 0 amide bonds. The van der Waals surface area contributed by atoms with Crippen LogP contribution in [0, 0.1) is 0 Å². The van der Waals surface area contributed by atoms with Crippen LogP contribution in [-0.2, 0) is 9.84 Å². The van der Waals surface area contributed by atoms with Crippen molar-refractivity contribution in [1.29, 1.82) is 0 Å². The van der Waals surface area contributed by atoms with E-state index in [1.54, 1.807) is 24.3 Å². The van der Waals surface area contributed by atoms with Gasteiger partial charge in [-0.05, 0) is 40.2 Å². The van der Waals surface area contributed by atoms with Gasteiger partial charge in [0.15, 0.2) is 27.4 Å². The first-order chi connectivity index (χ1) is 17.0. The molecule has 0 aliphatic heterocycles. The van der Waals surface area contributed by atoms with Gasteiger partial charge in [-0.1, -0.05) is 11.6 Å². The molecule has 0 saturated heterocycles. The molecule has 4 atom stereocenters. The Bertz CT molecular complexity index is 1330. The molecule has 0 saturated carbocycles. The normalized spacial score (nSPS) is 14.8. The summed E-state index contributed by atoms with van der Waals surface area (Å²) in [6.07, 6.45) is -3.09. The van der Waals surface area contributed by atoms with E-state index in [-0.39, 0.29) is 17.0 Å². The molecule has 3 aromatic rings. The van der Waals surface area contributed by atoms with E-state index in [0.717, 1.165) is 10.7 Å². The monoisotopic (exact) mass is 623 g/mol. The number of sulfone groups is 1. The van der Waals surface area contributed by atoms with Gasteiger partial charge in [0.05, 0.1) is 30.9 Å². The highest BCUT2D eigenvalue weighted by Gasteiger charge is 2.38. The number of methoxy groups -OCH3 is 1. The third-order valence-electron chi connectivity index (χ3n) is 5.40. The molecule has 0 spiro atoms. The fourth-order valence-electron chi connectivity index (χ4n) is 3.44. The number of hydrogen-bond donors (Lipinski definition) is 5. The standard InChI is InChI=1S/C22H25BrClN3O8S.H2O/c1-34-16-6-12-15(25-10-26-22(12)27-11-3-4-13(23)14(24)5-11)7-17(16)35-18(8-28)20(30)21(31)19(9-29)36(2,32)33;/h3-7,10,18-21,28-31H,8-9H2,1-2H3,(H,25,26,27);1H2/t18-,19-,20+,21+;/m1./s1. The van der Waals surface area contributed by atoms with Crippen LogP contribution in [0.2, 0.25) is 5.02 Å². The molecule has 1 heterocycles. The molecule has 0 radical (unpaired) electrons. The lowest BCUT2D eigenvalue weighted by molar-refractivity contribution is -0.0701. The van der Waals surface area contributed by atoms with E-state index < -0.39 is 46.6 Å². The van der Waals surface area contributed by atoms with Crippen LogP contribution in [0.3, 0.4) is 0 Å². The van der Waals surface area contributed by atoms with E-state index in [0.29, 0.717) is 27.4 Å². The average molecular weight is 625 g/mol. The number of aliphatic hydroxyl groups is 4. The molecule has 2 aromatic carbocycles. The Morgan fingerprint density at radius 1 is 1.08 bits per heavy atom. The Hall–Kier alpha value is -2.30. The van der Waals surface area contributed by atoms with E-state index in [2.05, 4.69) is 31.2 Å². The summed E-state index contributed by atoms with van der Waals surface area (Å²) in [5, 5.41) is 42.6. The third kappa shape index (κ3) is 7.18. The number of fused-ring (bicyclic) bond motifs is 1. The molecule has 0 aliphatic carbocycles. The van der Waals surface area contributed by atoms with Crippen LogP contribution in [0.15, 0.2) is 41.1 Å². The average Bonchev–Trinajstić information content (AvgIpc) is 2.83. The van der Waals surface area contributed by atoms with Gasteiger partial charge in [0, 0.05) is 27.9 Å². The number of aromatic nitrogens is 2. The maximum atomic E-state index is 11.8. The van der Waals surface area contributed by atoms with Gasteiger partial charge in [0.1, 0.15) is 29.6 Å². The second kappa shape index (κ2) is 13.0. The number of ether oxygens (including phenoxy) is 2. The van der Waals surface area contributed by atoms with E-state index in [1.807, 2.05) is 0 Å². The van der Waals surface area contributed by atoms with Crippen molar-refractivity contribution in [3.05, 3.63) is 46.2 Å². The minimum Gasteiger partial charge on any atom is -0.493 e. The van der Waals surface area contributed by atoms with Crippen LogP contribution in [0.25, 0.3) is 10.9 Å². The summed E-state index contributed by atoms with van der Waals surface area (Å²) in [5.74, 6) is 0.694. The van der Waals surface area contributed by atoms with Crippen molar-refractivity contribution in [2.45, 2.75) is 23.6 Å². The first kappa shape index (κ1) is 30.9. The van der Waals surface area contributed by atoms with Crippen molar-refractivity contribution >= 4 is 59.8 Å². The van der Waals surface area contributed by atoms with Gasteiger partial charge < -0.3 is 40.7 Å². The fourth-order valence-corrected chi connectivity index (χ4v) is 4.81. The second-order valence-corrected chi connectivity index (χ2v) is 11.4. The van der Waals surface area contributed by atoms with Gasteiger partial charge in [-0.15, -0.1) is 0 Å². The summed E-state index contributed by atoms with van der Waals surface area (Å²) in [4.78, 5) is 8.50. The Labute approximate surface area is 226 Å². The van der Waals surface area contributed by atoms with Crippen molar-refractivity contribution < 1.29 is 43.8 Å². The zero-order valence-electron chi connectivity index (χ0n) is 19.7. The summed E-state index contributed by atoms with van der Waals surface area (Å²) in [5.41, 5.74) is 1.09. The molecule has 7 N–H and O–H groups in total. The number of hydrogen-bond acceptors (Lipinski definition) is 11. The maximum absolute atomic E-state index is 11.8. The van der Waals surface area contributed by atoms with E-state index in [9.17, 15) is 28.8 Å². The number of halogens is 2. The van der Waals surface area contributed by atoms with Gasteiger partial charge in [0.2, 0.25) is 0 Å². The highest BCUT2D eigenvalue weighted by atomic mass is 79.9. The second-order valence-electron chi connectivity index (χ2n) is 7.87. The summed E-state index contributed by atoms with van der Waals surface area (Å²) in [7, 11) is -2.53. The quantitative estimate of drug-likeness (QED) is 0.202. The van der Waals surface area contributed by atoms with Crippen LogP contribution in [0.5, 0.6) is 11.5 Å². The molecule has 0 fully saturated rings. The van der Waals surface area contributed by atoms with Crippen molar-refractivity contribution in [2.75, 3.05) is 31.9 Å². The fraction of sp³-hybridized carbons (Fsp3) is 0.364. The molecule has 15 heteroatoms. The molecule has 0 bridgehead atoms. The Morgan fingerprint density at radius 3 is 2.35 bits per heavy atom. The van der Waals surface area contributed by atoms with Crippen molar-refractivity contribution in [2.24, 2.45) is 0 Å². The predicted octanol–water partition coefficient (Wildman–Crippen LogP) is 0.840. The van der Waals surface area contributed by atoms with Gasteiger partial charge in [0.25, 0.3) is 0 Å². The van der Waals surface area contributed by atoms with Crippen LogP contribution < -0.4 is 14.8 Å². The SMILES string of the molecule is COc1cc2c(Nc3ccc(Br)c(Cl)c3)ncnc2cc1O[C@H](CO)[C@H](O)[C@@H](O)[C@@H](CO)S(C)(=O)=O.O. The Balaban J connectivity index is 0.00000481. The maximum Gasteiger partial charge on any atom is 0.164 e. The van der Waals surface area contributed by atoms with E-state index in [4.69, 9.17) is 21.1 Å². The predicted molar refractivity (Wildman–Crippen MR) is 141 cm³/mol. The lowest BCUT2D eigenvalue weighted by Gasteiger charge is -2.30. The highest BCUT2D eigenvalue weighted by molar-refractivity contribution is 9.10. The number of nitrogens with one attached hydrogen (secondary N) is 1. The van der Waals surface area contributed by atoms with Crippen molar-refractivity contribution in [3.8, 4) is 11.5 Å². The first-order valence-corrected chi connectivity index (χ1v) is 13.6. The molecule has 1 aromatic heterocycles. The van der Waals surface area contributed by atoms with Crippen LogP contribution in [0.1, 0.15) is 0 Å². The van der Waals surface area contributed by atoms with Crippen LogP contribution in [0.4, 0.5) is 11.5 Å². The number of benzene rings is 2. The van der Waals surface area contributed by atoms with Gasteiger partial charge in [-0.2, -0.15) is 0 Å². The molecule has 204 valence electrons. The minimum absolute atomic E-state index is 0. The molecule has 0 unspecified atom stereocenters. The van der Waals surface area contributed by atoms with Crippen molar-refractivity contribution in [3.63, 3.8) is 0 Å². The molecule has 12 nitrogen and oxygen atoms in total. The molecular weight excluding hydrogens is 598 g/mol. The Morgan fingerprint density at radius 2 is 1.78 bits per heavy atom. The summed E-state index contributed by atoms with van der Waals surface area (Å²) < 4.78 is 35.5. The molecule has 3 rings (SSSR count). The van der Waals surface area contributed by atoms with E-state index >= 15 is 0 Å². The smallest absolute Gasteiger partial charge is 0.164 e. The summed E-state index contributed by atoms with van der Waals surface area (Å²) in [6, 6.07) is 8.35. The topological polar surface area (TPSA) is 203 Å². The first-order valence-electron chi connectivity index (χ1n) is 10.5. The number of rotatable bonds is 11. The molecular formula is C22H27BrClN3O9S. The number of anilines is 2. The number of aliphatic hydroxyl groups excluding tert-OH is 4. The Kier molecular flexibility index (Phi) is 10.8. The number of nitrogens with zero attached hydrogens (tertiary/aromatic N) is 2. The van der Waals surface area contributed by atoms with E-state index in [1.165, 1.54) is 19.5 Å². The van der Waals surface area contributed by atoms with Crippen LogP contribution >= 0.6 is 27.5 Å². The molecule has 0 aliphatic rings.